The summed E-state index contributed by atoms with van der Waals surface area (Å²) in [7, 11) is 0. The highest BCUT2D eigenvalue weighted by atomic mass is 32.2. The maximum atomic E-state index is 12.4. The van der Waals surface area contributed by atoms with Crippen molar-refractivity contribution in [3.05, 3.63) is 65.2 Å². The van der Waals surface area contributed by atoms with E-state index in [1.165, 1.54) is 34.6 Å². The largest absolute Gasteiger partial charge is 0.484 e. The van der Waals surface area contributed by atoms with E-state index in [4.69, 9.17) is 4.74 Å². The highest BCUT2D eigenvalue weighted by molar-refractivity contribution is 8.16. The fraction of sp³-hybridized carbons (Fsp3) is 0.409. The van der Waals surface area contributed by atoms with Crippen LogP contribution in [0.15, 0.2) is 48.5 Å². The van der Waals surface area contributed by atoms with Crippen molar-refractivity contribution < 1.29 is 9.53 Å². The van der Waals surface area contributed by atoms with Crippen LogP contribution in [0.25, 0.3) is 0 Å². The first-order chi connectivity index (χ1) is 13.3. The Labute approximate surface area is 169 Å². The van der Waals surface area contributed by atoms with Gasteiger partial charge in [-0.1, -0.05) is 36.4 Å². The van der Waals surface area contributed by atoms with Crippen molar-refractivity contribution in [2.24, 2.45) is 0 Å². The molecule has 0 saturated carbocycles. The highest BCUT2D eigenvalue weighted by Gasteiger charge is 2.21. The number of benzene rings is 2. The SMILES string of the molecule is O=C(COc1ccc(C2SCCCS2)cc1)N[C@@H]1CCCc2ccccc21. The third kappa shape index (κ3) is 4.82. The number of aryl methyl sites for hydroxylation is 1. The summed E-state index contributed by atoms with van der Waals surface area (Å²) >= 11 is 4.02. The van der Waals surface area contributed by atoms with Crippen LogP contribution in [0.3, 0.4) is 0 Å². The highest BCUT2D eigenvalue weighted by Crippen LogP contribution is 2.43. The molecule has 142 valence electrons. The second-order valence-corrected chi connectivity index (χ2v) is 9.72. The van der Waals surface area contributed by atoms with Crippen LogP contribution in [0, 0.1) is 0 Å². The first-order valence-electron chi connectivity index (χ1n) is 9.63. The van der Waals surface area contributed by atoms with Crippen molar-refractivity contribution in [3.63, 3.8) is 0 Å². The molecule has 2 aromatic rings. The van der Waals surface area contributed by atoms with Gasteiger partial charge in [-0.05, 0) is 66.0 Å². The number of amides is 1. The molecule has 1 amide bonds. The lowest BCUT2D eigenvalue weighted by atomic mass is 9.88. The van der Waals surface area contributed by atoms with E-state index >= 15 is 0 Å². The number of rotatable bonds is 5. The van der Waals surface area contributed by atoms with E-state index in [0.717, 1.165) is 25.0 Å². The minimum absolute atomic E-state index is 0.0563. The van der Waals surface area contributed by atoms with Crippen molar-refractivity contribution in [2.75, 3.05) is 18.1 Å². The van der Waals surface area contributed by atoms with Crippen LogP contribution in [0.5, 0.6) is 5.75 Å². The lowest BCUT2D eigenvalue weighted by Crippen LogP contribution is -2.34. The summed E-state index contributed by atoms with van der Waals surface area (Å²) in [6, 6.07) is 16.7. The first kappa shape index (κ1) is 18.8. The van der Waals surface area contributed by atoms with Gasteiger partial charge in [-0.3, -0.25) is 4.79 Å². The van der Waals surface area contributed by atoms with Gasteiger partial charge < -0.3 is 10.1 Å². The Balaban J connectivity index is 1.29. The number of carbonyl (C=O) groups excluding carboxylic acids is 1. The van der Waals surface area contributed by atoms with E-state index in [9.17, 15) is 4.79 Å². The third-order valence-corrected chi connectivity index (χ3v) is 8.07. The number of fused-ring (bicyclic) bond motifs is 1. The molecular formula is C22H25NO2S2. The summed E-state index contributed by atoms with van der Waals surface area (Å²) in [4.78, 5) is 12.4. The van der Waals surface area contributed by atoms with Gasteiger partial charge in [0.05, 0.1) is 10.6 Å². The van der Waals surface area contributed by atoms with E-state index in [2.05, 4.69) is 35.6 Å². The predicted octanol–water partition coefficient (Wildman–Crippen LogP) is 5.13. The average Bonchev–Trinajstić information content (AvgIpc) is 2.74. The zero-order valence-corrected chi connectivity index (χ0v) is 17.0. The number of nitrogens with one attached hydrogen (secondary N) is 1. The van der Waals surface area contributed by atoms with Crippen LogP contribution >= 0.6 is 23.5 Å². The number of thioether (sulfide) groups is 2. The second-order valence-electron chi connectivity index (χ2n) is 7.00. The summed E-state index contributed by atoms with van der Waals surface area (Å²) in [5.74, 6) is 3.17. The molecular weight excluding hydrogens is 374 g/mol. The summed E-state index contributed by atoms with van der Waals surface area (Å²) in [5, 5.41) is 3.14. The monoisotopic (exact) mass is 399 g/mol. The maximum Gasteiger partial charge on any atom is 0.258 e. The molecule has 1 N–H and O–H groups in total. The molecule has 2 aliphatic rings. The Morgan fingerprint density at radius 1 is 1.04 bits per heavy atom. The van der Waals surface area contributed by atoms with Gasteiger partial charge >= 0.3 is 0 Å². The maximum absolute atomic E-state index is 12.4. The third-order valence-electron chi connectivity index (χ3n) is 5.05. The summed E-state index contributed by atoms with van der Waals surface area (Å²) in [6.45, 7) is 0.0605. The van der Waals surface area contributed by atoms with E-state index < -0.39 is 0 Å². The van der Waals surface area contributed by atoms with Crippen LogP contribution in [0.1, 0.15) is 46.6 Å². The Morgan fingerprint density at radius 3 is 2.63 bits per heavy atom. The fourth-order valence-electron chi connectivity index (χ4n) is 3.69. The van der Waals surface area contributed by atoms with Gasteiger partial charge in [-0.25, -0.2) is 0 Å². The van der Waals surface area contributed by atoms with Gasteiger partial charge in [0.25, 0.3) is 5.91 Å². The van der Waals surface area contributed by atoms with Gasteiger partial charge in [0.1, 0.15) is 5.75 Å². The molecule has 27 heavy (non-hydrogen) atoms. The van der Waals surface area contributed by atoms with Crippen molar-refractivity contribution >= 4 is 29.4 Å². The molecule has 1 atom stereocenters. The number of ether oxygens (including phenoxy) is 1. The molecule has 2 aromatic carbocycles. The van der Waals surface area contributed by atoms with Gasteiger partial charge in [-0.15, -0.1) is 23.5 Å². The topological polar surface area (TPSA) is 38.3 Å². The average molecular weight is 400 g/mol. The Hall–Kier alpha value is -1.59. The molecule has 5 heteroatoms. The lowest BCUT2D eigenvalue weighted by Gasteiger charge is -2.26. The van der Waals surface area contributed by atoms with Crippen LogP contribution in [-0.4, -0.2) is 24.0 Å². The Kier molecular flexibility index (Phi) is 6.30. The minimum atomic E-state index is -0.0563. The van der Waals surface area contributed by atoms with E-state index in [0.29, 0.717) is 4.58 Å². The molecule has 0 bridgehead atoms. The van der Waals surface area contributed by atoms with E-state index in [1.807, 2.05) is 41.7 Å². The molecule has 0 spiro atoms. The summed E-state index contributed by atoms with van der Waals surface area (Å²) in [6.07, 6.45) is 4.51. The Morgan fingerprint density at radius 2 is 1.81 bits per heavy atom. The predicted molar refractivity (Wildman–Crippen MR) is 114 cm³/mol. The molecule has 1 aliphatic carbocycles. The molecule has 3 nitrogen and oxygen atoms in total. The van der Waals surface area contributed by atoms with Crippen molar-refractivity contribution in [3.8, 4) is 5.75 Å². The fourth-order valence-corrected chi connectivity index (χ4v) is 6.58. The summed E-state index contributed by atoms with van der Waals surface area (Å²) < 4.78 is 6.24. The van der Waals surface area contributed by atoms with Crippen molar-refractivity contribution in [1.82, 2.24) is 5.32 Å². The van der Waals surface area contributed by atoms with Crippen LogP contribution in [-0.2, 0) is 11.2 Å². The van der Waals surface area contributed by atoms with Crippen molar-refractivity contribution in [1.29, 1.82) is 0 Å². The molecule has 1 fully saturated rings. The normalized spacial score (nSPS) is 19.9. The zero-order chi connectivity index (χ0) is 18.5. The standard InChI is InChI=1S/C22H25NO2S2/c24-21(23-20-8-3-6-16-5-1-2-7-19(16)20)15-25-18-11-9-17(10-12-18)22-26-13-4-14-27-22/h1-2,5,7,9-12,20,22H,3-4,6,8,13-15H2,(H,23,24)/t20-/m1/s1. The van der Waals surface area contributed by atoms with E-state index in [1.54, 1.807) is 0 Å². The molecule has 4 rings (SSSR count). The molecule has 0 unspecified atom stereocenters. The smallest absolute Gasteiger partial charge is 0.258 e. The molecule has 1 saturated heterocycles. The van der Waals surface area contributed by atoms with E-state index in [-0.39, 0.29) is 18.6 Å². The van der Waals surface area contributed by atoms with Gasteiger partial charge in [0, 0.05) is 0 Å². The molecule has 1 heterocycles. The zero-order valence-electron chi connectivity index (χ0n) is 15.4. The second kappa shape index (κ2) is 9.07. The van der Waals surface area contributed by atoms with Gasteiger partial charge in [-0.2, -0.15) is 0 Å². The van der Waals surface area contributed by atoms with Crippen LogP contribution < -0.4 is 10.1 Å². The molecule has 1 aliphatic heterocycles. The number of hydrogen-bond acceptors (Lipinski definition) is 4. The molecule has 0 radical (unpaired) electrons. The van der Waals surface area contributed by atoms with Crippen LogP contribution in [0.2, 0.25) is 0 Å². The molecule has 0 aromatic heterocycles. The Bertz CT molecular complexity index is 772. The minimum Gasteiger partial charge on any atom is -0.484 e. The quantitative estimate of drug-likeness (QED) is 0.757. The van der Waals surface area contributed by atoms with Crippen LogP contribution in [0.4, 0.5) is 0 Å². The lowest BCUT2D eigenvalue weighted by molar-refractivity contribution is -0.123. The summed E-state index contributed by atoms with van der Waals surface area (Å²) in [5.41, 5.74) is 3.94. The number of hydrogen-bond donors (Lipinski definition) is 1. The number of carbonyl (C=O) groups is 1. The van der Waals surface area contributed by atoms with Gasteiger partial charge in [0.2, 0.25) is 0 Å². The van der Waals surface area contributed by atoms with Crippen molar-refractivity contribution in [2.45, 2.75) is 36.3 Å². The van der Waals surface area contributed by atoms with Gasteiger partial charge in [0.15, 0.2) is 6.61 Å². The first-order valence-corrected chi connectivity index (χ1v) is 11.7.